The van der Waals surface area contributed by atoms with Crippen molar-refractivity contribution in [3.8, 4) is 5.75 Å². The number of halogens is 1. The largest absolute Gasteiger partial charge is 0.496 e. The second kappa shape index (κ2) is 7.44. The smallest absolute Gasteiger partial charge is 0.272 e. The average Bonchev–Trinajstić information content (AvgIpc) is 2.62. The minimum atomic E-state index is -0.240. The van der Waals surface area contributed by atoms with Gasteiger partial charge in [-0.3, -0.25) is 4.79 Å². The van der Waals surface area contributed by atoms with Crippen LogP contribution in [0.1, 0.15) is 15.9 Å². The summed E-state index contributed by atoms with van der Waals surface area (Å²) in [5.74, 6) is 0.469. The van der Waals surface area contributed by atoms with Crippen molar-refractivity contribution in [2.45, 2.75) is 0 Å². The van der Waals surface area contributed by atoms with Crippen molar-refractivity contribution in [1.82, 2.24) is 5.43 Å². The highest BCUT2D eigenvalue weighted by Crippen LogP contribution is 2.26. The Morgan fingerprint density at radius 2 is 1.83 bits per heavy atom. The van der Waals surface area contributed by atoms with Crippen LogP contribution in [-0.2, 0) is 0 Å². The van der Waals surface area contributed by atoms with Crippen LogP contribution in [-0.4, -0.2) is 19.2 Å². The van der Waals surface area contributed by atoms with E-state index in [0.717, 1.165) is 19.9 Å². The van der Waals surface area contributed by atoms with E-state index in [1.807, 2.05) is 54.6 Å². The third kappa shape index (κ3) is 3.41. The summed E-state index contributed by atoms with van der Waals surface area (Å²) in [6.45, 7) is 0. The fourth-order valence-electron chi connectivity index (χ4n) is 2.45. The molecule has 0 aromatic heterocycles. The van der Waals surface area contributed by atoms with Gasteiger partial charge < -0.3 is 4.74 Å². The van der Waals surface area contributed by atoms with Gasteiger partial charge in [-0.25, -0.2) is 5.43 Å². The summed E-state index contributed by atoms with van der Waals surface area (Å²) in [6.07, 6.45) is 1.62. The van der Waals surface area contributed by atoms with Crippen LogP contribution in [0.25, 0.3) is 10.8 Å². The molecule has 0 aliphatic rings. The van der Waals surface area contributed by atoms with Gasteiger partial charge in [0.05, 0.1) is 18.9 Å². The van der Waals surface area contributed by atoms with E-state index in [1.165, 1.54) is 0 Å². The lowest BCUT2D eigenvalue weighted by molar-refractivity contribution is 0.0954. The Labute approximate surface area is 153 Å². The lowest BCUT2D eigenvalue weighted by atomic mass is 10.0. The Morgan fingerprint density at radius 1 is 1.08 bits per heavy atom. The van der Waals surface area contributed by atoms with Crippen molar-refractivity contribution in [3.63, 3.8) is 0 Å². The number of amides is 1. The first-order valence-electron chi connectivity index (χ1n) is 7.34. The predicted octanol–water partition coefficient (Wildman–Crippen LogP) is 4.22. The summed E-state index contributed by atoms with van der Waals surface area (Å²) in [4.78, 5) is 12.2. The Bertz CT molecular complexity index is 922. The van der Waals surface area contributed by atoms with Crippen LogP contribution < -0.4 is 10.2 Å². The van der Waals surface area contributed by atoms with E-state index in [0.29, 0.717) is 11.3 Å². The zero-order chi connectivity index (χ0) is 16.9. The van der Waals surface area contributed by atoms with Crippen LogP contribution in [0.2, 0.25) is 0 Å². The summed E-state index contributed by atoms with van der Waals surface area (Å²) in [5, 5.41) is 6.21. The molecule has 120 valence electrons. The average molecular weight is 430 g/mol. The van der Waals surface area contributed by atoms with E-state index in [2.05, 4.69) is 33.1 Å². The molecule has 3 aromatic rings. The minimum Gasteiger partial charge on any atom is -0.496 e. The Morgan fingerprint density at radius 3 is 2.62 bits per heavy atom. The summed E-state index contributed by atoms with van der Waals surface area (Å²) in [5.41, 5.74) is 4.00. The third-order valence-electron chi connectivity index (χ3n) is 3.63. The van der Waals surface area contributed by atoms with Crippen molar-refractivity contribution in [2.75, 3.05) is 7.11 Å². The van der Waals surface area contributed by atoms with Crippen molar-refractivity contribution >= 4 is 45.5 Å². The fourth-order valence-corrected chi connectivity index (χ4v) is 3.08. The Balaban J connectivity index is 1.88. The van der Waals surface area contributed by atoms with Crippen molar-refractivity contribution < 1.29 is 9.53 Å². The van der Waals surface area contributed by atoms with Gasteiger partial charge in [0, 0.05) is 9.13 Å². The molecule has 4 nitrogen and oxygen atoms in total. The van der Waals surface area contributed by atoms with Crippen LogP contribution >= 0.6 is 22.6 Å². The predicted molar refractivity (Wildman–Crippen MR) is 105 cm³/mol. The quantitative estimate of drug-likeness (QED) is 0.383. The first-order valence-corrected chi connectivity index (χ1v) is 8.42. The number of hydrazone groups is 1. The number of rotatable bonds is 4. The first kappa shape index (κ1) is 16.4. The second-order valence-electron chi connectivity index (χ2n) is 5.08. The van der Waals surface area contributed by atoms with Gasteiger partial charge in [-0.05, 0) is 51.6 Å². The molecule has 0 fully saturated rings. The summed E-state index contributed by atoms with van der Waals surface area (Å²) in [6, 6.07) is 19.2. The molecule has 1 amide bonds. The van der Waals surface area contributed by atoms with E-state index in [1.54, 1.807) is 19.4 Å². The SMILES string of the molecule is COc1ccc2ccccc2c1/C=N/NC(=O)c1ccccc1I. The van der Waals surface area contributed by atoms with E-state index in [-0.39, 0.29) is 5.91 Å². The van der Waals surface area contributed by atoms with Gasteiger partial charge in [0.15, 0.2) is 0 Å². The van der Waals surface area contributed by atoms with Gasteiger partial charge in [-0.2, -0.15) is 5.10 Å². The number of methoxy groups -OCH3 is 1. The molecular formula is C19H15IN2O2. The zero-order valence-electron chi connectivity index (χ0n) is 13.0. The first-order chi connectivity index (χ1) is 11.7. The zero-order valence-corrected chi connectivity index (χ0v) is 15.2. The molecule has 0 radical (unpaired) electrons. The summed E-state index contributed by atoms with van der Waals surface area (Å²) in [7, 11) is 1.62. The molecule has 1 N–H and O–H groups in total. The third-order valence-corrected chi connectivity index (χ3v) is 4.57. The molecule has 0 aliphatic carbocycles. The van der Waals surface area contributed by atoms with E-state index >= 15 is 0 Å². The van der Waals surface area contributed by atoms with Crippen molar-refractivity contribution in [1.29, 1.82) is 0 Å². The number of carbonyl (C=O) groups is 1. The number of nitrogens with zero attached hydrogens (tertiary/aromatic N) is 1. The lowest BCUT2D eigenvalue weighted by Gasteiger charge is -2.08. The van der Waals surface area contributed by atoms with Crippen LogP contribution in [0.4, 0.5) is 0 Å². The number of nitrogens with one attached hydrogen (secondary N) is 1. The number of hydrogen-bond acceptors (Lipinski definition) is 3. The highest BCUT2D eigenvalue weighted by Gasteiger charge is 2.09. The van der Waals surface area contributed by atoms with Gasteiger partial charge in [0.2, 0.25) is 0 Å². The van der Waals surface area contributed by atoms with Crippen LogP contribution in [0.5, 0.6) is 5.75 Å². The highest BCUT2D eigenvalue weighted by molar-refractivity contribution is 14.1. The molecule has 0 saturated heterocycles. The van der Waals surface area contributed by atoms with Gasteiger partial charge in [-0.1, -0.05) is 42.5 Å². The number of carbonyl (C=O) groups excluding carboxylic acids is 1. The van der Waals surface area contributed by atoms with E-state index in [4.69, 9.17) is 4.74 Å². The molecule has 3 rings (SSSR count). The molecule has 0 bridgehead atoms. The Hall–Kier alpha value is -2.41. The van der Waals surface area contributed by atoms with Crippen LogP contribution in [0.3, 0.4) is 0 Å². The number of fused-ring (bicyclic) bond motifs is 1. The maximum Gasteiger partial charge on any atom is 0.272 e. The van der Waals surface area contributed by atoms with Gasteiger partial charge in [0.25, 0.3) is 5.91 Å². The normalized spacial score (nSPS) is 10.9. The molecule has 0 saturated carbocycles. The van der Waals surface area contributed by atoms with Gasteiger partial charge in [0.1, 0.15) is 5.75 Å². The molecule has 0 spiro atoms. The number of benzene rings is 3. The van der Waals surface area contributed by atoms with Gasteiger partial charge >= 0.3 is 0 Å². The summed E-state index contributed by atoms with van der Waals surface area (Å²) >= 11 is 2.13. The molecule has 0 aliphatic heterocycles. The molecule has 24 heavy (non-hydrogen) atoms. The van der Waals surface area contributed by atoms with E-state index in [9.17, 15) is 4.79 Å². The minimum absolute atomic E-state index is 0.240. The molecule has 0 heterocycles. The maximum absolute atomic E-state index is 12.2. The standard InChI is InChI=1S/C19H15IN2O2/c1-24-18-11-10-13-6-2-3-7-14(13)16(18)12-21-22-19(23)15-8-4-5-9-17(15)20/h2-12H,1H3,(H,22,23)/b21-12+. The maximum atomic E-state index is 12.2. The monoisotopic (exact) mass is 430 g/mol. The van der Waals surface area contributed by atoms with Crippen molar-refractivity contribution in [2.24, 2.45) is 5.10 Å². The van der Waals surface area contributed by atoms with Crippen LogP contribution in [0, 0.1) is 3.57 Å². The number of hydrogen-bond donors (Lipinski definition) is 1. The molecule has 3 aromatic carbocycles. The molecule has 5 heteroatoms. The van der Waals surface area contributed by atoms with Crippen molar-refractivity contribution in [3.05, 3.63) is 75.4 Å². The molecular weight excluding hydrogens is 415 g/mol. The fraction of sp³-hybridized carbons (Fsp3) is 0.0526. The van der Waals surface area contributed by atoms with E-state index < -0.39 is 0 Å². The number of ether oxygens (including phenoxy) is 1. The molecule has 0 unspecified atom stereocenters. The molecule has 0 atom stereocenters. The van der Waals surface area contributed by atoms with Crippen LogP contribution in [0.15, 0.2) is 65.8 Å². The lowest BCUT2D eigenvalue weighted by Crippen LogP contribution is -2.18. The second-order valence-corrected chi connectivity index (χ2v) is 6.24. The highest BCUT2D eigenvalue weighted by atomic mass is 127. The Kier molecular flexibility index (Phi) is 5.10. The topological polar surface area (TPSA) is 50.7 Å². The van der Waals surface area contributed by atoms with Gasteiger partial charge in [-0.15, -0.1) is 0 Å². The summed E-state index contributed by atoms with van der Waals surface area (Å²) < 4.78 is 6.29.